The van der Waals surface area contributed by atoms with E-state index in [2.05, 4.69) is 10.6 Å². The first kappa shape index (κ1) is 12.6. The van der Waals surface area contributed by atoms with E-state index in [1.54, 1.807) is 19.2 Å². The molecule has 0 fully saturated rings. The number of benzene rings is 1. The molecule has 1 aromatic carbocycles. The Morgan fingerprint density at radius 2 is 2.19 bits per heavy atom. The van der Waals surface area contributed by atoms with E-state index in [-0.39, 0.29) is 12.1 Å². The molecule has 1 aromatic rings. The van der Waals surface area contributed by atoms with E-state index >= 15 is 0 Å². The summed E-state index contributed by atoms with van der Waals surface area (Å²) >= 11 is 5.93. The van der Waals surface area contributed by atoms with Gasteiger partial charge in [-0.3, -0.25) is 0 Å². The van der Waals surface area contributed by atoms with Gasteiger partial charge in [0.25, 0.3) is 0 Å². The van der Waals surface area contributed by atoms with Crippen molar-refractivity contribution in [2.45, 2.75) is 13.0 Å². The molecular formula is C11H15ClN2O2. The summed E-state index contributed by atoms with van der Waals surface area (Å²) in [6.07, 6.45) is -0.141. The number of halogens is 1. The minimum Gasteiger partial charge on any atom is -0.487 e. The zero-order valence-electron chi connectivity index (χ0n) is 9.29. The number of carbonyl (C=O) groups is 1. The van der Waals surface area contributed by atoms with E-state index in [0.29, 0.717) is 17.3 Å². The number of urea groups is 1. The standard InChI is InChI=1S/C11H15ClN2O2/c1-8(7-14-11(15)13-2)16-10-6-4-3-5-9(10)12/h3-6,8H,7H2,1-2H3,(H2,13,14,15). The van der Waals surface area contributed by atoms with E-state index in [0.717, 1.165) is 0 Å². The predicted octanol–water partition coefficient (Wildman–Crippen LogP) is 2.04. The number of hydrogen-bond acceptors (Lipinski definition) is 2. The lowest BCUT2D eigenvalue weighted by Crippen LogP contribution is -2.38. The first-order valence-electron chi connectivity index (χ1n) is 5.00. The Morgan fingerprint density at radius 1 is 1.50 bits per heavy atom. The fourth-order valence-corrected chi connectivity index (χ4v) is 1.30. The van der Waals surface area contributed by atoms with Crippen LogP contribution in [0.4, 0.5) is 4.79 Å². The van der Waals surface area contributed by atoms with E-state index in [1.165, 1.54) is 0 Å². The first-order valence-corrected chi connectivity index (χ1v) is 5.38. The van der Waals surface area contributed by atoms with Crippen molar-refractivity contribution < 1.29 is 9.53 Å². The quantitative estimate of drug-likeness (QED) is 0.849. The van der Waals surface area contributed by atoms with Gasteiger partial charge in [0.2, 0.25) is 0 Å². The highest BCUT2D eigenvalue weighted by Gasteiger charge is 2.07. The third-order valence-corrected chi connectivity index (χ3v) is 2.25. The van der Waals surface area contributed by atoms with Crippen LogP contribution in [-0.2, 0) is 0 Å². The molecule has 0 spiro atoms. The van der Waals surface area contributed by atoms with E-state index in [1.807, 2.05) is 19.1 Å². The van der Waals surface area contributed by atoms with Gasteiger partial charge in [0, 0.05) is 7.05 Å². The molecule has 4 nitrogen and oxygen atoms in total. The van der Waals surface area contributed by atoms with Crippen LogP contribution in [0.3, 0.4) is 0 Å². The lowest BCUT2D eigenvalue weighted by Gasteiger charge is -2.16. The maximum Gasteiger partial charge on any atom is 0.314 e. The molecule has 1 atom stereocenters. The van der Waals surface area contributed by atoms with E-state index in [9.17, 15) is 4.79 Å². The van der Waals surface area contributed by atoms with Crippen LogP contribution in [0.15, 0.2) is 24.3 Å². The van der Waals surface area contributed by atoms with E-state index < -0.39 is 0 Å². The summed E-state index contributed by atoms with van der Waals surface area (Å²) in [6.45, 7) is 2.28. The summed E-state index contributed by atoms with van der Waals surface area (Å²) in [6, 6.07) is 7.01. The molecule has 5 heteroatoms. The highest BCUT2D eigenvalue weighted by molar-refractivity contribution is 6.32. The van der Waals surface area contributed by atoms with Crippen LogP contribution in [0, 0.1) is 0 Å². The molecule has 1 rings (SSSR count). The average Bonchev–Trinajstić information content (AvgIpc) is 2.29. The normalized spacial score (nSPS) is 11.7. The summed E-state index contributed by atoms with van der Waals surface area (Å²) in [5, 5.41) is 5.68. The van der Waals surface area contributed by atoms with E-state index in [4.69, 9.17) is 16.3 Å². The third kappa shape index (κ3) is 3.98. The Balaban J connectivity index is 2.43. The minimum absolute atomic E-state index is 0.141. The predicted molar refractivity (Wildman–Crippen MR) is 64.0 cm³/mol. The lowest BCUT2D eigenvalue weighted by atomic mass is 10.3. The number of amides is 2. The second-order valence-electron chi connectivity index (χ2n) is 3.32. The molecule has 0 saturated heterocycles. The molecule has 88 valence electrons. The van der Waals surface area contributed by atoms with Crippen LogP contribution in [0.2, 0.25) is 5.02 Å². The molecule has 0 aliphatic rings. The largest absolute Gasteiger partial charge is 0.487 e. The molecule has 0 saturated carbocycles. The zero-order valence-corrected chi connectivity index (χ0v) is 10.0. The number of nitrogens with one attached hydrogen (secondary N) is 2. The number of ether oxygens (including phenoxy) is 1. The Bertz CT molecular complexity index is 358. The fraction of sp³-hybridized carbons (Fsp3) is 0.364. The van der Waals surface area contributed by atoms with Gasteiger partial charge in [0.05, 0.1) is 11.6 Å². The second kappa shape index (κ2) is 6.23. The number of rotatable bonds is 4. The highest BCUT2D eigenvalue weighted by Crippen LogP contribution is 2.23. The van der Waals surface area contributed by atoms with Crippen LogP contribution >= 0.6 is 11.6 Å². The maximum absolute atomic E-state index is 10.9. The minimum atomic E-state index is -0.227. The van der Waals surface area contributed by atoms with Crippen LogP contribution in [0.5, 0.6) is 5.75 Å². The second-order valence-corrected chi connectivity index (χ2v) is 3.73. The van der Waals surface area contributed by atoms with Gasteiger partial charge >= 0.3 is 6.03 Å². The van der Waals surface area contributed by atoms with Crippen molar-refractivity contribution in [3.63, 3.8) is 0 Å². The molecule has 0 aromatic heterocycles. The number of carbonyl (C=O) groups excluding carboxylic acids is 1. The summed E-state index contributed by atoms with van der Waals surface area (Å²) < 4.78 is 5.57. The number of hydrogen-bond donors (Lipinski definition) is 2. The molecule has 2 N–H and O–H groups in total. The van der Waals surface area contributed by atoms with Crippen molar-refractivity contribution in [2.75, 3.05) is 13.6 Å². The van der Waals surface area contributed by atoms with Crippen molar-refractivity contribution in [2.24, 2.45) is 0 Å². The average molecular weight is 243 g/mol. The number of para-hydroxylation sites is 1. The Labute approximate surface area is 99.9 Å². The van der Waals surface area contributed by atoms with Crippen LogP contribution < -0.4 is 15.4 Å². The van der Waals surface area contributed by atoms with Crippen LogP contribution in [0.25, 0.3) is 0 Å². The molecule has 0 aliphatic heterocycles. The Morgan fingerprint density at radius 3 is 2.81 bits per heavy atom. The topological polar surface area (TPSA) is 50.4 Å². The summed E-state index contributed by atoms with van der Waals surface area (Å²) in [7, 11) is 1.56. The summed E-state index contributed by atoms with van der Waals surface area (Å²) in [4.78, 5) is 10.9. The fourth-order valence-electron chi connectivity index (χ4n) is 1.12. The molecule has 0 radical (unpaired) electrons. The highest BCUT2D eigenvalue weighted by atomic mass is 35.5. The van der Waals surface area contributed by atoms with Crippen LogP contribution in [-0.4, -0.2) is 25.7 Å². The van der Waals surface area contributed by atoms with Crippen molar-refractivity contribution in [1.82, 2.24) is 10.6 Å². The molecule has 0 aliphatic carbocycles. The van der Waals surface area contributed by atoms with Gasteiger partial charge in [-0.2, -0.15) is 0 Å². The summed E-state index contributed by atoms with van der Waals surface area (Å²) in [5.41, 5.74) is 0. The molecular weight excluding hydrogens is 228 g/mol. The lowest BCUT2D eigenvalue weighted by molar-refractivity contribution is 0.208. The van der Waals surface area contributed by atoms with Crippen LogP contribution in [0.1, 0.15) is 6.92 Å². The Hall–Kier alpha value is -1.42. The van der Waals surface area contributed by atoms with Gasteiger partial charge < -0.3 is 15.4 Å². The zero-order chi connectivity index (χ0) is 12.0. The van der Waals surface area contributed by atoms with Crippen molar-refractivity contribution in [3.05, 3.63) is 29.3 Å². The van der Waals surface area contributed by atoms with Gasteiger partial charge in [-0.05, 0) is 19.1 Å². The van der Waals surface area contributed by atoms with Gasteiger partial charge in [0.1, 0.15) is 11.9 Å². The molecule has 0 bridgehead atoms. The van der Waals surface area contributed by atoms with Crippen molar-refractivity contribution in [3.8, 4) is 5.75 Å². The SMILES string of the molecule is CNC(=O)NCC(C)Oc1ccccc1Cl. The summed E-state index contributed by atoms with van der Waals surface area (Å²) in [5.74, 6) is 0.621. The van der Waals surface area contributed by atoms with Gasteiger partial charge in [0.15, 0.2) is 0 Å². The molecule has 0 heterocycles. The first-order chi connectivity index (χ1) is 7.63. The molecule has 16 heavy (non-hydrogen) atoms. The molecule has 2 amide bonds. The third-order valence-electron chi connectivity index (χ3n) is 1.94. The monoisotopic (exact) mass is 242 g/mol. The van der Waals surface area contributed by atoms with Crippen molar-refractivity contribution >= 4 is 17.6 Å². The van der Waals surface area contributed by atoms with Gasteiger partial charge in [-0.15, -0.1) is 0 Å². The Kier molecular flexibility index (Phi) is 4.92. The maximum atomic E-state index is 10.9. The smallest absolute Gasteiger partial charge is 0.314 e. The van der Waals surface area contributed by atoms with Gasteiger partial charge in [-0.1, -0.05) is 23.7 Å². The van der Waals surface area contributed by atoms with Gasteiger partial charge in [-0.25, -0.2) is 4.79 Å². The van der Waals surface area contributed by atoms with Crippen molar-refractivity contribution in [1.29, 1.82) is 0 Å². The molecule has 1 unspecified atom stereocenters.